The van der Waals surface area contributed by atoms with Crippen LogP contribution in [0.25, 0.3) is 47.6 Å². The Labute approximate surface area is 255 Å². The summed E-state index contributed by atoms with van der Waals surface area (Å²) >= 11 is 1.83. The quantitative estimate of drug-likeness (QED) is 0.222. The maximum Gasteiger partial charge on any atom is 0.147 e. The summed E-state index contributed by atoms with van der Waals surface area (Å²) in [6.45, 7) is 0. The zero-order chi connectivity index (χ0) is 28.8. The van der Waals surface area contributed by atoms with E-state index in [1.54, 1.807) is 0 Å². The Balaban J connectivity index is 1.31. The topological polar surface area (TPSA) is 23.5 Å². The van der Waals surface area contributed by atoms with Crippen LogP contribution < -0.4 is 4.90 Å². The zero-order valence-electron chi connectivity index (χ0n) is 23.6. The maximum atomic E-state index is 11.8. The monoisotopic (exact) mass is 571 g/mol. The van der Waals surface area contributed by atoms with E-state index < -0.39 is 0 Å². The average molecular weight is 572 g/mol. The van der Waals surface area contributed by atoms with E-state index in [-0.39, 0.29) is 5.75 Å². The van der Waals surface area contributed by atoms with Crippen molar-refractivity contribution in [3.63, 3.8) is 0 Å². The van der Waals surface area contributed by atoms with E-state index in [4.69, 9.17) is 0 Å². The van der Waals surface area contributed by atoms with E-state index >= 15 is 0 Å². The molecule has 0 bridgehead atoms. The van der Waals surface area contributed by atoms with Crippen LogP contribution in [-0.4, -0.2) is 5.11 Å². The summed E-state index contributed by atoms with van der Waals surface area (Å²) in [6.07, 6.45) is 6.26. The van der Waals surface area contributed by atoms with Crippen molar-refractivity contribution in [2.24, 2.45) is 0 Å². The molecule has 0 saturated heterocycles. The van der Waals surface area contributed by atoms with Gasteiger partial charge in [0.15, 0.2) is 0 Å². The van der Waals surface area contributed by atoms with E-state index in [0.29, 0.717) is 0 Å². The van der Waals surface area contributed by atoms with E-state index in [1.165, 1.54) is 42.1 Å². The first-order valence-electron chi connectivity index (χ1n) is 14.7. The SMILES string of the molecule is Oc1c(-c2ccccc2)cccc1N(C1=CC=C(c2ccccc2)CC1)c1ccc2c(c1)sc1ccc3ccccc3c12. The minimum Gasteiger partial charge on any atom is -0.505 e. The number of rotatable bonds is 5. The molecule has 8 rings (SSSR count). The van der Waals surface area contributed by atoms with E-state index in [2.05, 4.69) is 102 Å². The first-order valence-corrected chi connectivity index (χ1v) is 15.5. The third kappa shape index (κ3) is 4.50. The molecule has 0 aliphatic heterocycles. The molecule has 1 aliphatic carbocycles. The fourth-order valence-electron chi connectivity index (χ4n) is 6.40. The molecular weight excluding hydrogens is 543 g/mol. The lowest BCUT2D eigenvalue weighted by atomic mass is 9.94. The summed E-state index contributed by atoms with van der Waals surface area (Å²) in [5.74, 6) is 0.287. The van der Waals surface area contributed by atoms with Gasteiger partial charge in [0.1, 0.15) is 5.75 Å². The number of nitrogens with zero attached hydrogens (tertiary/aromatic N) is 1. The molecule has 206 valence electrons. The molecule has 0 fully saturated rings. The van der Waals surface area contributed by atoms with Gasteiger partial charge in [-0.1, -0.05) is 115 Å². The van der Waals surface area contributed by atoms with Gasteiger partial charge in [-0.15, -0.1) is 11.3 Å². The van der Waals surface area contributed by atoms with Crippen molar-refractivity contribution in [3.05, 3.63) is 157 Å². The normalized spacial score (nSPS) is 13.3. The highest BCUT2D eigenvalue weighted by molar-refractivity contribution is 7.26. The molecule has 0 atom stereocenters. The smallest absolute Gasteiger partial charge is 0.147 e. The highest BCUT2D eigenvalue weighted by atomic mass is 32.1. The molecule has 1 aromatic heterocycles. The number of hydrogen-bond donors (Lipinski definition) is 1. The zero-order valence-corrected chi connectivity index (χ0v) is 24.4. The predicted octanol–water partition coefficient (Wildman–Crippen LogP) is 11.5. The van der Waals surface area contributed by atoms with Crippen LogP contribution in [0.5, 0.6) is 5.75 Å². The Morgan fingerprint density at radius 2 is 1.35 bits per heavy atom. The summed E-state index contributed by atoms with van der Waals surface area (Å²) in [6, 6.07) is 46.7. The number of anilines is 2. The van der Waals surface area contributed by atoms with Gasteiger partial charge in [-0.3, -0.25) is 0 Å². The van der Waals surface area contributed by atoms with Crippen LogP contribution in [0.4, 0.5) is 11.4 Å². The van der Waals surface area contributed by atoms with Gasteiger partial charge in [-0.2, -0.15) is 0 Å². The number of aromatic hydroxyl groups is 1. The molecule has 0 unspecified atom stereocenters. The van der Waals surface area contributed by atoms with E-state index in [1.807, 2.05) is 59.9 Å². The number of hydrogen-bond acceptors (Lipinski definition) is 3. The highest BCUT2D eigenvalue weighted by Gasteiger charge is 2.23. The van der Waals surface area contributed by atoms with E-state index in [9.17, 15) is 5.11 Å². The third-order valence-corrected chi connectivity index (χ3v) is 9.62. The Hall–Kier alpha value is -5.12. The number of fused-ring (bicyclic) bond motifs is 5. The molecule has 2 nitrogen and oxygen atoms in total. The van der Waals surface area contributed by atoms with Crippen molar-refractivity contribution in [1.29, 1.82) is 0 Å². The van der Waals surface area contributed by atoms with Crippen molar-refractivity contribution < 1.29 is 5.11 Å². The number of phenolic OH excluding ortho intramolecular Hbond substituents is 1. The summed E-state index contributed by atoms with van der Waals surface area (Å²) in [4.78, 5) is 2.25. The lowest BCUT2D eigenvalue weighted by Gasteiger charge is -2.31. The Morgan fingerprint density at radius 1 is 0.581 bits per heavy atom. The van der Waals surface area contributed by atoms with Crippen molar-refractivity contribution in [1.82, 2.24) is 0 Å². The molecule has 1 N–H and O–H groups in total. The van der Waals surface area contributed by atoms with Gasteiger partial charge in [0.25, 0.3) is 0 Å². The van der Waals surface area contributed by atoms with Crippen LogP contribution in [0.2, 0.25) is 0 Å². The molecule has 6 aromatic carbocycles. The Morgan fingerprint density at radius 3 is 2.14 bits per heavy atom. The lowest BCUT2D eigenvalue weighted by Crippen LogP contribution is -2.18. The number of phenols is 1. The second-order valence-corrected chi connectivity index (χ2v) is 12.1. The molecular formula is C40H29NOS. The van der Waals surface area contributed by atoms with Crippen LogP contribution in [0, 0.1) is 0 Å². The van der Waals surface area contributed by atoms with Crippen molar-refractivity contribution >= 4 is 59.2 Å². The molecule has 0 radical (unpaired) electrons. The summed E-state index contributed by atoms with van der Waals surface area (Å²) in [5.41, 5.74) is 7.41. The molecule has 1 aliphatic rings. The fourth-order valence-corrected chi connectivity index (χ4v) is 7.56. The lowest BCUT2D eigenvalue weighted by molar-refractivity contribution is 0.478. The Bertz CT molecular complexity index is 2190. The molecule has 3 heteroatoms. The van der Waals surface area contributed by atoms with Crippen LogP contribution in [0.15, 0.2) is 151 Å². The first-order chi connectivity index (χ1) is 21.2. The fraction of sp³-hybridized carbons (Fsp3) is 0.0500. The summed E-state index contributed by atoms with van der Waals surface area (Å²) in [5, 5.41) is 16.9. The summed E-state index contributed by atoms with van der Waals surface area (Å²) < 4.78 is 2.53. The largest absolute Gasteiger partial charge is 0.505 e. The van der Waals surface area contributed by atoms with Crippen molar-refractivity contribution in [2.75, 3.05) is 4.90 Å². The maximum absolute atomic E-state index is 11.8. The van der Waals surface area contributed by atoms with Crippen molar-refractivity contribution in [2.45, 2.75) is 12.8 Å². The van der Waals surface area contributed by atoms with Crippen LogP contribution in [0.1, 0.15) is 18.4 Å². The molecule has 7 aromatic rings. The van der Waals surface area contributed by atoms with Gasteiger partial charge in [0.05, 0.1) is 5.69 Å². The third-order valence-electron chi connectivity index (χ3n) is 8.50. The number of thiophene rings is 1. The van der Waals surface area contributed by atoms with Crippen LogP contribution in [-0.2, 0) is 0 Å². The van der Waals surface area contributed by atoms with Gasteiger partial charge in [0, 0.05) is 37.1 Å². The molecule has 0 amide bonds. The average Bonchev–Trinajstić information content (AvgIpc) is 3.45. The number of allylic oxidation sites excluding steroid dienone is 4. The second-order valence-electron chi connectivity index (χ2n) is 11.0. The van der Waals surface area contributed by atoms with Crippen molar-refractivity contribution in [3.8, 4) is 16.9 Å². The van der Waals surface area contributed by atoms with Gasteiger partial charge < -0.3 is 10.0 Å². The molecule has 43 heavy (non-hydrogen) atoms. The molecule has 0 saturated carbocycles. The van der Waals surface area contributed by atoms with Gasteiger partial charge in [-0.05, 0) is 70.7 Å². The predicted molar refractivity (Wildman–Crippen MR) is 184 cm³/mol. The van der Waals surface area contributed by atoms with Gasteiger partial charge in [0.2, 0.25) is 0 Å². The second kappa shape index (κ2) is 10.6. The highest BCUT2D eigenvalue weighted by Crippen LogP contribution is 2.46. The first kappa shape index (κ1) is 25.6. The molecule has 1 heterocycles. The van der Waals surface area contributed by atoms with Gasteiger partial charge >= 0.3 is 0 Å². The standard InChI is InChI=1S/C40H29NOS/c42-40-34(29-12-5-2-6-13-29)16-9-17-36(40)41(31-21-18-28(19-22-31)27-10-3-1-4-11-27)32-23-24-35-38(26-32)43-37-25-20-30-14-7-8-15-33(30)39(35)37/h1-18,20-21,23-26,42H,19,22H2. The van der Waals surface area contributed by atoms with Crippen LogP contribution in [0.3, 0.4) is 0 Å². The molecule has 0 spiro atoms. The Kier molecular flexibility index (Phi) is 6.31. The van der Waals surface area contributed by atoms with Gasteiger partial charge in [-0.25, -0.2) is 0 Å². The number of para-hydroxylation sites is 1. The minimum absolute atomic E-state index is 0.287. The summed E-state index contributed by atoms with van der Waals surface area (Å²) in [7, 11) is 0. The number of benzene rings is 6. The minimum atomic E-state index is 0.287. The van der Waals surface area contributed by atoms with Crippen LogP contribution >= 0.6 is 11.3 Å². The van der Waals surface area contributed by atoms with E-state index in [0.717, 1.165) is 41.0 Å².